The number of pyridine rings is 1. The number of fused-ring (bicyclic) bond motifs is 2. The molecule has 0 aliphatic rings. The molecule has 150 valence electrons. The van der Waals surface area contributed by atoms with Crippen LogP contribution in [0.5, 0.6) is 0 Å². The van der Waals surface area contributed by atoms with Gasteiger partial charge in [-0.25, -0.2) is 9.78 Å². The van der Waals surface area contributed by atoms with Crippen molar-refractivity contribution in [2.24, 2.45) is 0 Å². The van der Waals surface area contributed by atoms with Crippen LogP contribution in [-0.4, -0.2) is 28.3 Å². The lowest BCUT2D eigenvalue weighted by atomic mass is 9.99. The molecule has 0 N–H and O–H groups in total. The van der Waals surface area contributed by atoms with E-state index in [2.05, 4.69) is 9.97 Å². The van der Waals surface area contributed by atoms with E-state index in [1.54, 1.807) is 24.3 Å². The van der Waals surface area contributed by atoms with Crippen molar-refractivity contribution in [1.29, 1.82) is 0 Å². The van der Waals surface area contributed by atoms with Gasteiger partial charge in [0.25, 0.3) is 0 Å². The zero-order valence-corrected chi connectivity index (χ0v) is 16.3. The molecule has 2 heterocycles. The van der Waals surface area contributed by atoms with Crippen LogP contribution in [0.3, 0.4) is 0 Å². The zero-order chi connectivity index (χ0) is 21.2. The van der Waals surface area contributed by atoms with Gasteiger partial charge in [-0.1, -0.05) is 36.4 Å². The number of benzene rings is 3. The van der Waals surface area contributed by atoms with Crippen molar-refractivity contribution in [2.75, 3.05) is 6.61 Å². The van der Waals surface area contributed by atoms with Crippen LogP contribution in [-0.2, 0) is 4.74 Å². The van der Waals surface area contributed by atoms with Gasteiger partial charge in [0.05, 0.1) is 5.56 Å². The normalized spacial score (nSPS) is 11.0. The van der Waals surface area contributed by atoms with E-state index in [1.165, 1.54) is 12.4 Å². The Kier molecular flexibility index (Phi) is 4.72. The number of nitrogens with zero attached hydrogens (tertiary/aromatic N) is 2. The molecule has 3 aromatic carbocycles. The number of esters is 1. The third-order valence-corrected chi connectivity index (χ3v) is 4.99. The summed E-state index contributed by atoms with van der Waals surface area (Å²) >= 11 is 0. The van der Waals surface area contributed by atoms with Crippen LogP contribution in [0.1, 0.15) is 20.7 Å². The van der Waals surface area contributed by atoms with Crippen LogP contribution < -0.4 is 0 Å². The highest BCUT2D eigenvalue weighted by Gasteiger charge is 2.19. The second-order valence-corrected chi connectivity index (χ2v) is 6.93. The molecule has 2 aromatic heterocycles. The molecule has 0 fully saturated rings. The Morgan fingerprint density at radius 3 is 2.45 bits per heavy atom. The first-order valence-corrected chi connectivity index (χ1v) is 9.69. The lowest BCUT2D eigenvalue weighted by Crippen LogP contribution is -2.14. The number of hydrogen-bond donors (Lipinski definition) is 0. The van der Waals surface area contributed by atoms with Crippen LogP contribution >= 0.6 is 0 Å². The number of carbonyl (C=O) groups is 2. The highest BCUT2D eigenvalue weighted by Crippen LogP contribution is 2.33. The Morgan fingerprint density at radius 1 is 0.871 bits per heavy atom. The van der Waals surface area contributed by atoms with Crippen molar-refractivity contribution >= 4 is 33.6 Å². The van der Waals surface area contributed by atoms with Crippen molar-refractivity contribution in [3.8, 4) is 11.5 Å². The molecule has 6 nitrogen and oxygen atoms in total. The maximum atomic E-state index is 12.9. The molecule has 0 saturated heterocycles. The summed E-state index contributed by atoms with van der Waals surface area (Å²) in [7, 11) is 0. The van der Waals surface area contributed by atoms with Gasteiger partial charge in [-0.15, -0.1) is 0 Å². The standard InChI is InChI=1S/C25H16N2O4/c28-21(16-11-13-26-14-12-16)15-30-25(29)19-8-4-6-17-5-3-7-18(23(17)19)24-27-20-9-1-2-10-22(20)31-24/h1-14H,15H2. The summed E-state index contributed by atoms with van der Waals surface area (Å²) in [6, 6.07) is 21.6. The van der Waals surface area contributed by atoms with E-state index in [0.717, 1.165) is 10.9 Å². The molecule has 31 heavy (non-hydrogen) atoms. The fourth-order valence-electron chi connectivity index (χ4n) is 3.51. The molecule has 0 aliphatic carbocycles. The number of oxazole rings is 1. The zero-order valence-electron chi connectivity index (χ0n) is 16.3. The van der Waals surface area contributed by atoms with Gasteiger partial charge in [0.2, 0.25) is 5.89 Å². The SMILES string of the molecule is O=C(COC(=O)c1cccc2cccc(-c3nc4ccccc4o3)c12)c1ccncc1. The van der Waals surface area contributed by atoms with E-state index in [-0.39, 0.29) is 12.4 Å². The van der Waals surface area contributed by atoms with Crippen LogP contribution in [0, 0.1) is 0 Å². The van der Waals surface area contributed by atoms with Gasteiger partial charge in [-0.3, -0.25) is 9.78 Å². The van der Waals surface area contributed by atoms with Gasteiger partial charge in [-0.05, 0) is 41.8 Å². The summed E-state index contributed by atoms with van der Waals surface area (Å²) in [6.45, 7) is -0.357. The number of Topliss-reactive ketones (excluding diaryl/α,β-unsaturated/α-hetero) is 1. The Labute approximate surface area is 177 Å². The second kappa shape index (κ2) is 7.84. The second-order valence-electron chi connectivity index (χ2n) is 6.93. The lowest BCUT2D eigenvalue weighted by Gasteiger charge is -2.10. The van der Waals surface area contributed by atoms with Gasteiger partial charge < -0.3 is 9.15 Å². The molecule has 0 aliphatic heterocycles. The number of ether oxygens (including phenoxy) is 1. The van der Waals surface area contributed by atoms with Gasteiger partial charge in [0.1, 0.15) is 5.52 Å². The van der Waals surface area contributed by atoms with Crippen LogP contribution in [0.25, 0.3) is 33.3 Å². The molecule has 6 heteroatoms. The minimum Gasteiger partial charge on any atom is -0.454 e. The molecule has 0 radical (unpaired) electrons. The Bertz CT molecular complexity index is 1390. The van der Waals surface area contributed by atoms with Gasteiger partial charge in [-0.2, -0.15) is 0 Å². The topological polar surface area (TPSA) is 82.3 Å². The molecule has 0 spiro atoms. The number of para-hydroxylation sites is 2. The summed E-state index contributed by atoms with van der Waals surface area (Å²) in [5, 5.41) is 1.51. The van der Waals surface area contributed by atoms with E-state index in [0.29, 0.717) is 33.6 Å². The highest BCUT2D eigenvalue weighted by atomic mass is 16.5. The predicted molar refractivity (Wildman–Crippen MR) is 116 cm³/mol. The molecular formula is C25H16N2O4. The number of aromatic nitrogens is 2. The van der Waals surface area contributed by atoms with Gasteiger partial charge in [0, 0.05) is 28.9 Å². The summed E-state index contributed by atoms with van der Waals surface area (Å²) in [5.41, 5.74) is 2.86. The Morgan fingerprint density at radius 2 is 1.65 bits per heavy atom. The largest absolute Gasteiger partial charge is 0.454 e. The monoisotopic (exact) mass is 408 g/mol. The summed E-state index contributed by atoms with van der Waals surface area (Å²) < 4.78 is 11.3. The van der Waals surface area contributed by atoms with Crippen molar-refractivity contribution < 1.29 is 18.7 Å². The summed E-state index contributed by atoms with van der Waals surface area (Å²) in [4.78, 5) is 33.7. The Hall–Kier alpha value is -4.32. The van der Waals surface area contributed by atoms with Crippen molar-refractivity contribution in [2.45, 2.75) is 0 Å². The number of rotatable bonds is 5. The van der Waals surface area contributed by atoms with E-state index in [4.69, 9.17) is 9.15 Å². The van der Waals surface area contributed by atoms with E-state index in [1.807, 2.05) is 48.5 Å². The van der Waals surface area contributed by atoms with Crippen LogP contribution in [0.15, 0.2) is 89.6 Å². The molecular weight excluding hydrogens is 392 g/mol. The summed E-state index contributed by atoms with van der Waals surface area (Å²) in [6.07, 6.45) is 3.04. The quantitative estimate of drug-likeness (QED) is 0.298. The van der Waals surface area contributed by atoms with E-state index in [9.17, 15) is 9.59 Å². The molecule has 5 rings (SSSR count). The average Bonchev–Trinajstić information content (AvgIpc) is 3.26. The first-order chi connectivity index (χ1) is 15.2. The van der Waals surface area contributed by atoms with Gasteiger partial charge >= 0.3 is 5.97 Å². The van der Waals surface area contributed by atoms with Crippen LogP contribution in [0.4, 0.5) is 0 Å². The molecule has 5 aromatic rings. The third-order valence-electron chi connectivity index (χ3n) is 4.99. The maximum Gasteiger partial charge on any atom is 0.339 e. The minimum atomic E-state index is -0.587. The van der Waals surface area contributed by atoms with Crippen molar-refractivity contribution in [3.05, 3.63) is 96.3 Å². The lowest BCUT2D eigenvalue weighted by molar-refractivity contribution is 0.0476. The first-order valence-electron chi connectivity index (χ1n) is 9.69. The molecule has 0 bridgehead atoms. The average molecular weight is 408 g/mol. The highest BCUT2D eigenvalue weighted by molar-refractivity contribution is 6.10. The van der Waals surface area contributed by atoms with Crippen LogP contribution in [0.2, 0.25) is 0 Å². The number of ketones is 1. The summed E-state index contributed by atoms with van der Waals surface area (Å²) in [5.74, 6) is -0.466. The number of hydrogen-bond acceptors (Lipinski definition) is 6. The molecule has 0 amide bonds. The van der Waals surface area contributed by atoms with Gasteiger partial charge in [0.15, 0.2) is 18.0 Å². The maximum absolute atomic E-state index is 12.9. The van der Waals surface area contributed by atoms with E-state index >= 15 is 0 Å². The molecule has 0 saturated carbocycles. The van der Waals surface area contributed by atoms with Crippen molar-refractivity contribution in [3.63, 3.8) is 0 Å². The first kappa shape index (κ1) is 18.7. The molecule has 0 unspecified atom stereocenters. The Balaban J connectivity index is 1.52. The van der Waals surface area contributed by atoms with Crippen molar-refractivity contribution in [1.82, 2.24) is 9.97 Å². The fraction of sp³-hybridized carbons (Fsp3) is 0.0400. The smallest absolute Gasteiger partial charge is 0.339 e. The predicted octanol–water partition coefficient (Wildman–Crippen LogP) is 5.08. The number of carbonyl (C=O) groups excluding carboxylic acids is 2. The fourth-order valence-corrected chi connectivity index (χ4v) is 3.51. The minimum absolute atomic E-state index is 0.296. The third kappa shape index (κ3) is 3.55. The van der Waals surface area contributed by atoms with E-state index < -0.39 is 5.97 Å². The molecule has 0 atom stereocenters.